The molecule has 0 aromatic heterocycles. The summed E-state index contributed by atoms with van der Waals surface area (Å²) in [5.74, 6) is 0.00280. The van der Waals surface area contributed by atoms with E-state index >= 15 is 0 Å². The highest BCUT2D eigenvalue weighted by molar-refractivity contribution is 5.94. The molecule has 0 atom stereocenters. The van der Waals surface area contributed by atoms with Crippen molar-refractivity contribution in [2.24, 2.45) is 0 Å². The molecule has 0 radical (unpaired) electrons. The molecule has 0 heterocycles. The van der Waals surface area contributed by atoms with Crippen molar-refractivity contribution in [2.45, 2.75) is 20.1 Å². The number of esters is 1. The van der Waals surface area contributed by atoms with Crippen LogP contribution in [0.4, 0.5) is 0 Å². The Morgan fingerprint density at radius 2 is 1.70 bits per heavy atom. The van der Waals surface area contributed by atoms with Gasteiger partial charge in [-0.05, 0) is 42.8 Å². The fraction of sp³-hybridized carbons (Fsp3) is 0.222. The van der Waals surface area contributed by atoms with Crippen LogP contribution < -0.4 is 4.74 Å². The first-order chi connectivity index (χ1) is 11.0. The van der Waals surface area contributed by atoms with Crippen molar-refractivity contribution in [1.29, 1.82) is 0 Å². The number of ether oxygens (including phenoxy) is 2. The van der Waals surface area contributed by atoms with E-state index in [9.17, 15) is 9.59 Å². The molecule has 0 fully saturated rings. The second-order valence-corrected chi connectivity index (χ2v) is 5.01. The molecule has 0 saturated heterocycles. The molecule has 0 amide bonds. The number of aliphatic hydroxyl groups is 1. The fourth-order valence-electron chi connectivity index (χ4n) is 2.08. The zero-order valence-corrected chi connectivity index (χ0v) is 13.0. The lowest BCUT2D eigenvalue weighted by Gasteiger charge is -2.11. The Hall–Kier alpha value is -2.66. The molecule has 2 rings (SSSR count). The lowest BCUT2D eigenvalue weighted by Crippen LogP contribution is -2.07. The van der Waals surface area contributed by atoms with Crippen molar-refractivity contribution in [2.75, 3.05) is 7.11 Å². The van der Waals surface area contributed by atoms with Crippen LogP contribution in [0.2, 0.25) is 0 Å². The van der Waals surface area contributed by atoms with E-state index in [0.717, 1.165) is 5.56 Å². The van der Waals surface area contributed by atoms with E-state index in [0.29, 0.717) is 22.4 Å². The molecule has 0 aliphatic carbocycles. The summed E-state index contributed by atoms with van der Waals surface area (Å²) >= 11 is 0. The predicted octanol–water partition coefficient (Wildman–Crippen LogP) is 2.75. The average Bonchev–Trinajstić information content (AvgIpc) is 2.59. The summed E-state index contributed by atoms with van der Waals surface area (Å²) in [5.41, 5.74) is 2.27. The SMILES string of the molecule is COc1ccc(C(C)=O)cc1COC(=O)c1ccc(CO)cc1. The van der Waals surface area contributed by atoms with Crippen LogP contribution in [-0.4, -0.2) is 24.0 Å². The van der Waals surface area contributed by atoms with Gasteiger partial charge in [-0.15, -0.1) is 0 Å². The van der Waals surface area contributed by atoms with Crippen molar-refractivity contribution in [3.63, 3.8) is 0 Å². The number of ketones is 1. The number of carbonyl (C=O) groups excluding carboxylic acids is 2. The highest BCUT2D eigenvalue weighted by Gasteiger charge is 2.11. The van der Waals surface area contributed by atoms with Gasteiger partial charge in [-0.2, -0.15) is 0 Å². The van der Waals surface area contributed by atoms with Gasteiger partial charge in [-0.1, -0.05) is 12.1 Å². The highest BCUT2D eigenvalue weighted by Crippen LogP contribution is 2.21. The van der Waals surface area contributed by atoms with Crippen molar-refractivity contribution in [3.05, 3.63) is 64.7 Å². The van der Waals surface area contributed by atoms with Crippen LogP contribution in [0.3, 0.4) is 0 Å². The summed E-state index contributed by atoms with van der Waals surface area (Å²) in [6, 6.07) is 11.5. The normalized spacial score (nSPS) is 10.2. The van der Waals surface area contributed by atoms with Gasteiger partial charge < -0.3 is 14.6 Å². The average molecular weight is 314 g/mol. The molecule has 0 saturated carbocycles. The van der Waals surface area contributed by atoms with Gasteiger partial charge >= 0.3 is 5.97 Å². The minimum absolute atomic E-state index is 0.00484. The maximum absolute atomic E-state index is 12.0. The molecule has 1 N–H and O–H groups in total. The summed E-state index contributed by atoms with van der Waals surface area (Å²) in [7, 11) is 1.52. The zero-order chi connectivity index (χ0) is 16.8. The van der Waals surface area contributed by atoms with Crippen LogP contribution in [0.15, 0.2) is 42.5 Å². The third kappa shape index (κ3) is 4.17. The lowest BCUT2D eigenvalue weighted by atomic mass is 10.1. The Balaban J connectivity index is 2.11. The Morgan fingerprint density at radius 1 is 1.04 bits per heavy atom. The molecular formula is C18H18O5. The second kappa shape index (κ2) is 7.56. The molecular weight excluding hydrogens is 296 g/mol. The molecule has 0 spiro atoms. The fourth-order valence-corrected chi connectivity index (χ4v) is 2.08. The number of aliphatic hydroxyl groups excluding tert-OH is 1. The van der Waals surface area contributed by atoms with Gasteiger partial charge in [0.25, 0.3) is 0 Å². The number of carbonyl (C=O) groups is 2. The molecule has 0 aliphatic rings. The topological polar surface area (TPSA) is 72.8 Å². The van der Waals surface area contributed by atoms with Crippen LogP contribution in [-0.2, 0) is 18.0 Å². The Kier molecular flexibility index (Phi) is 5.49. The predicted molar refractivity (Wildman–Crippen MR) is 84.5 cm³/mol. The van der Waals surface area contributed by atoms with Gasteiger partial charge in [0.2, 0.25) is 0 Å². The zero-order valence-electron chi connectivity index (χ0n) is 13.0. The summed E-state index contributed by atoms with van der Waals surface area (Å²) in [6.07, 6.45) is 0. The highest BCUT2D eigenvalue weighted by atomic mass is 16.5. The van der Waals surface area contributed by atoms with Gasteiger partial charge in [0, 0.05) is 11.1 Å². The number of methoxy groups -OCH3 is 1. The summed E-state index contributed by atoms with van der Waals surface area (Å²) in [5, 5.41) is 8.99. The van der Waals surface area contributed by atoms with Gasteiger partial charge in [-0.3, -0.25) is 4.79 Å². The van der Waals surface area contributed by atoms with Gasteiger partial charge in [0.1, 0.15) is 12.4 Å². The lowest BCUT2D eigenvalue weighted by molar-refractivity contribution is 0.0470. The number of benzene rings is 2. The first kappa shape index (κ1) is 16.7. The summed E-state index contributed by atoms with van der Waals surface area (Å²) in [6.45, 7) is 1.40. The van der Waals surface area contributed by atoms with E-state index in [2.05, 4.69) is 0 Å². The molecule has 0 bridgehead atoms. The first-order valence-electron chi connectivity index (χ1n) is 7.10. The Morgan fingerprint density at radius 3 is 2.26 bits per heavy atom. The van der Waals surface area contributed by atoms with Crippen LogP contribution in [0.1, 0.15) is 38.8 Å². The summed E-state index contributed by atoms with van der Waals surface area (Å²) in [4.78, 5) is 23.5. The van der Waals surface area contributed by atoms with Crippen molar-refractivity contribution in [3.8, 4) is 5.75 Å². The third-order valence-corrected chi connectivity index (χ3v) is 3.42. The van der Waals surface area contributed by atoms with E-state index in [4.69, 9.17) is 14.6 Å². The molecule has 2 aromatic rings. The monoisotopic (exact) mass is 314 g/mol. The number of rotatable bonds is 6. The molecule has 0 aliphatic heterocycles. The Bertz CT molecular complexity index is 704. The number of Topliss-reactive ketones (excluding diaryl/α,β-unsaturated/α-hetero) is 1. The van der Waals surface area contributed by atoms with Crippen LogP contribution in [0.5, 0.6) is 5.75 Å². The van der Waals surface area contributed by atoms with Crippen molar-refractivity contribution in [1.82, 2.24) is 0 Å². The maximum Gasteiger partial charge on any atom is 0.338 e. The number of hydrogen-bond donors (Lipinski definition) is 1. The largest absolute Gasteiger partial charge is 0.496 e. The molecule has 5 heteroatoms. The van der Waals surface area contributed by atoms with Crippen molar-refractivity contribution < 1.29 is 24.2 Å². The van der Waals surface area contributed by atoms with Gasteiger partial charge in [0.05, 0.1) is 19.3 Å². The minimum atomic E-state index is -0.482. The summed E-state index contributed by atoms with van der Waals surface area (Å²) < 4.78 is 10.5. The van der Waals surface area contributed by atoms with Gasteiger partial charge in [-0.25, -0.2) is 4.79 Å². The Labute approximate surface area is 134 Å². The van der Waals surface area contributed by atoms with E-state index in [-0.39, 0.29) is 19.0 Å². The molecule has 2 aromatic carbocycles. The van der Waals surface area contributed by atoms with Crippen molar-refractivity contribution >= 4 is 11.8 Å². The maximum atomic E-state index is 12.0. The first-order valence-corrected chi connectivity index (χ1v) is 7.10. The van der Waals surface area contributed by atoms with Gasteiger partial charge in [0.15, 0.2) is 5.78 Å². The molecule has 0 unspecified atom stereocenters. The second-order valence-electron chi connectivity index (χ2n) is 5.01. The smallest absolute Gasteiger partial charge is 0.338 e. The standard InChI is InChI=1S/C18H18O5/c1-12(20)15-7-8-17(22-2)16(9-15)11-23-18(21)14-5-3-13(10-19)4-6-14/h3-9,19H,10-11H2,1-2H3. The number of hydrogen-bond acceptors (Lipinski definition) is 5. The van der Waals surface area contributed by atoms with E-state index < -0.39 is 5.97 Å². The molecule has 23 heavy (non-hydrogen) atoms. The molecule has 120 valence electrons. The minimum Gasteiger partial charge on any atom is -0.496 e. The van der Waals surface area contributed by atoms with Crippen LogP contribution in [0.25, 0.3) is 0 Å². The molecule has 5 nitrogen and oxygen atoms in total. The van der Waals surface area contributed by atoms with E-state index in [1.807, 2.05) is 0 Å². The van der Waals surface area contributed by atoms with Crippen LogP contribution in [0, 0.1) is 0 Å². The quantitative estimate of drug-likeness (QED) is 0.655. The van der Waals surface area contributed by atoms with E-state index in [1.54, 1.807) is 42.5 Å². The van der Waals surface area contributed by atoms with Crippen LogP contribution >= 0.6 is 0 Å². The third-order valence-electron chi connectivity index (χ3n) is 3.42. The van der Waals surface area contributed by atoms with E-state index in [1.165, 1.54) is 14.0 Å².